The molecule has 3 nitrogen and oxygen atoms in total. The summed E-state index contributed by atoms with van der Waals surface area (Å²) in [6.07, 6.45) is 1.00. The Bertz CT molecular complexity index is 407. The number of amides is 1. The highest BCUT2D eigenvalue weighted by molar-refractivity contribution is 8.00. The van der Waals surface area contributed by atoms with Crippen LogP contribution in [0, 0.1) is 5.92 Å². The molecule has 0 aromatic heterocycles. The van der Waals surface area contributed by atoms with E-state index in [2.05, 4.69) is 19.2 Å². The lowest BCUT2D eigenvalue weighted by molar-refractivity contribution is -0.120. The average molecular weight is 281 g/mol. The number of carbonyl (C=O) groups excluding carboxylic acids is 1. The van der Waals surface area contributed by atoms with Gasteiger partial charge in [0.15, 0.2) is 0 Å². The molecule has 106 valence electrons. The number of hydrogen-bond donors (Lipinski definition) is 2. The Morgan fingerprint density at radius 2 is 2.11 bits per heavy atom. The maximum atomic E-state index is 11.9. The van der Waals surface area contributed by atoms with E-state index in [-0.39, 0.29) is 17.8 Å². The van der Waals surface area contributed by atoms with Gasteiger partial charge in [0.05, 0.1) is 11.9 Å². The highest BCUT2D eigenvalue weighted by atomic mass is 32.2. The van der Waals surface area contributed by atoms with Crippen LogP contribution < -0.4 is 5.32 Å². The van der Waals surface area contributed by atoms with Gasteiger partial charge in [-0.15, -0.1) is 11.8 Å². The molecule has 0 bridgehead atoms. The molecule has 0 spiro atoms. The molecule has 1 unspecified atom stereocenters. The predicted octanol–water partition coefficient (Wildman–Crippen LogP) is 2.82. The molecule has 1 aromatic rings. The van der Waals surface area contributed by atoms with E-state index in [1.165, 1.54) is 11.8 Å². The zero-order valence-corrected chi connectivity index (χ0v) is 12.7. The van der Waals surface area contributed by atoms with Gasteiger partial charge in [0.1, 0.15) is 0 Å². The van der Waals surface area contributed by atoms with Crippen LogP contribution in [-0.4, -0.2) is 22.8 Å². The first-order chi connectivity index (χ1) is 9.02. The van der Waals surface area contributed by atoms with E-state index in [9.17, 15) is 4.79 Å². The van der Waals surface area contributed by atoms with Crippen molar-refractivity contribution in [1.82, 2.24) is 5.32 Å². The van der Waals surface area contributed by atoms with Gasteiger partial charge in [0.25, 0.3) is 0 Å². The molecule has 0 saturated heterocycles. The molecule has 0 aliphatic rings. The van der Waals surface area contributed by atoms with Gasteiger partial charge in [-0.25, -0.2) is 0 Å². The van der Waals surface area contributed by atoms with Crippen LogP contribution in [0.25, 0.3) is 0 Å². The first kappa shape index (κ1) is 16.1. The molecule has 0 heterocycles. The second-order valence-corrected chi connectivity index (χ2v) is 6.45. The minimum Gasteiger partial charge on any atom is -0.392 e. The van der Waals surface area contributed by atoms with Gasteiger partial charge in [-0.1, -0.05) is 26.0 Å². The molecular formula is C15H23NO2S. The zero-order chi connectivity index (χ0) is 14.3. The Labute approximate surface area is 119 Å². The quantitative estimate of drug-likeness (QED) is 0.756. The molecule has 1 amide bonds. The molecule has 1 atom stereocenters. The van der Waals surface area contributed by atoms with E-state index < -0.39 is 0 Å². The van der Waals surface area contributed by atoms with Crippen molar-refractivity contribution < 1.29 is 9.90 Å². The van der Waals surface area contributed by atoms with Crippen molar-refractivity contribution in [2.24, 2.45) is 5.92 Å². The maximum absolute atomic E-state index is 11.9. The Balaban J connectivity index is 2.44. The highest BCUT2D eigenvalue weighted by Gasteiger charge is 2.14. The molecule has 0 aliphatic heterocycles. The van der Waals surface area contributed by atoms with Gasteiger partial charge in [-0.05, 0) is 37.0 Å². The number of thioether (sulfide) groups is 1. The second kappa shape index (κ2) is 8.23. The average Bonchev–Trinajstić information content (AvgIpc) is 2.38. The van der Waals surface area contributed by atoms with E-state index in [0.717, 1.165) is 23.4 Å². The summed E-state index contributed by atoms with van der Waals surface area (Å²) in [7, 11) is 0. The molecule has 1 rings (SSSR count). The van der Waals surface area contributed by atoms with Gasteiger partial charge in [-0.2, -0.15) is 0 Å². The van der Waals surface area contributed by atoms with Gasteiger partial charge in [0.2, 0.25) is 5.91 Å². The molecule has 0 aliphatic carbocycles. The monoisotopic (exact) mass is 281 g/mol. The lowest BCUT2D eigenvalue weighted by Gasteiger charge is -2.13. The Morgan fingerprint density at radius 1 is 1.37 bits per heavy atom. The SMILES string of the molecule is CC(C)CCNC(=O)C(C)Sc1cccc(CO)c1. The summed E-state index contributed by atoms with van der Waals surface area (Å²) in [4.78, 5) is 12.9. The fourth-order valence-corrected chi connectivity index (χ4v) is 2.58. The fraction of sp³-hybridized carbons (Fsp3) is 0.533. The summed E-state index contributed by atoms with van der Waals surface area (Å²) in [6.45, 7) is 6.96. The third-order valence-electron chi connectivity index (χ3n) is 2.78. The van der Waals surface area contributed by atoms with Crippen molar-refractivity contribution in [3.05, 3.63) is 29.8 Å². The van der Waals surface area contributed by atoms with Gasteiger partial charge < -0.3 is 10.4 Å². The van der Waals surface area contributed by atoms with Crippen LogP contribution in [0.15, 0.2) is 29.2 Å². The number of carbonyl (C=O) groups is 1. The molecule has 2 N–H and O–H groups in total. The number of rotatable bonds is 7. The van der Waals surface area contributed by atoms with E-state index in [1.54, 1.807) is 0 Å². The lowest BCUT2D eigenvalue weighted by Crippen LogP contribution is -2.32. The summed E-state index contributed by atoms with van der Waals surface area (Å²) in [5.41, 5.74) is 0.873. The van der Waals surface area contributed by atoms with Crippen molar-refractivity contribution in [3.8, 4) is 0 Å². The Morgan fingerprint density at radius 3 is 2.74 bits per heavy atom. The van der Waals surface area contributed by atoms with Crippen LogP contribution in [0.3, 0.4) is 0 Å². The number of aliphatic hydroxyl groups excluding tert-OH is 1. The van der Waals surface area contributed by atoms with Crippen LogP contribution in [0.4, 0.5) is 0 Å². The topological polar surface area (TPSA) is 49.3 Å². The van der Waals surface area contributed by atoms with E-state index >= 15 is 0 Å². The molecular weight excluding hydrogens is 258 g/mol. The zero-order valence-electron chi connectivity index (χ0n) is 11.8. The van der Waals surface area contributed by atoms with Crippen LogP contribution in [0.5, 0.6) is 0 Å². The molecule has 19 heavy (non-hydrogen) atoms. The Hall–Kier alpha value is -1.00. The van der Waals surface area contributed by atoms with Gasteiger partial charge in [-0.3, -0.25) is 4.79 Å². The van der Waals surface area contributed by atoms with E-state index in [0.29, 0.717) is 5.92 Å². The van der Waals surface area contributed by atoms with Crippen molar-refractivity contribution in [2.75, 3.05) is 6.54 Å². The molecule has 0 fully saturated rings. The molecule has 0 saturated carbocycles. The predicted molar refractivity (Wildman–Crippen MR) is 80.1 cm³/mol. The normalized spacial score (nSPS) is 12.5. The minimum absolute atomic E-state index is 0.0311. The molecule has 4 heteroatoms. The summed E-state index contributed by atoms with van der Waals surface area (Å²) in [5.74, 6) is 0.671. The third kappa shape index (κ3) is 6.12. The summed E-state index contributed by atoms with van der Waals surface area (Å²) >= 11 is 1.52. The van der Waals surface area contributed by atoms with Gasteiger partial charge >= 0.3 is 0 Å². The summed E-state index contributed by atoms with van der Waals surface area (Å²) < 4.78 is 0. The fourth-order valence-electron chi connectivity index (χ4n) is 1.60. The van der Waals surface area contributed by atoms with Crippen molar-refractivity contribution in [2.45, 2.75) is 43.9 Å². The number of nitrogens with one attached hydrogen (secondary N) is 1. The Kier molecular flexibility index (Phi) is 6.95. The second-order valence-electron chi connectivity index (χ2n) is 5.04. The van der Waals surface area contributed by atoms with Crippen LogP contribution in [0.2, 0.25) is 0 Å². The van der Waals surface area contributed by atoms with E-state index in [1.807, 2.05) is 31.2 Å². The molecule has 1 aromatic carbocycles. The maximum Gasteiger partial charge on any atom is 0.233 e. The highest BCUT2D eigenvalue weighted by Crippen LogP contribution is 2.24. The largest absolute Gasteiger partial charge is 0.392 e. The minimum atomic E-state index is -0.124. The summed E-state index contributed by atoms with van der Waals surface area (Å²) in [6, 6.07) is 7.65. The third-order valence-corrected chi connectivity index (χ3v) is 3.88. The first-order valence-electron chi connectivity index (χ1n) is 6.67. The summed E-state index contributed by atoms with van der Waals surface area (Å²) in [5, 5.41) is 11.9. The molecule has 0 radical (unpaired) electrons. The number of aliphatic hydroxyl groups is 1. The van der Waals surface area contributed by atoms with Crippen molar-refractivity contribution in [3.63, 3.8) is 0 Å². The van der Waals surface area contributed by atoms with Gasteiger partial charge in [0, 0.05) is 11.4 Å². The lowest BCUT2D eigenvalue weighted by atomic mass is 10.1. The van der Waals surface area contributed by atoms with Crippen LogP contribution in [0.1, 0.15) is 32.8 Å². The van der Waals surface area contributed by atoms with Crippen LogP contribution >= 0.6 is 11.8 Å². The number of benzene rings is 1. The van der Waals surface area contributed by atoms with Crippen molar-refractivity contribution in [1.29, 1.82) is 0 Å². The standard InChI is InChI=1S/C15H23NO2S/c1-11(2)7-8-16-15(18)12(3)19-14-6-4-5-13(9-14)10-17/h4-6,9,11-12,17H,7-8,10H2,1-3H3,(H,16,18). The first-order valence-corrected chi connectivity index (χ1v) is 7.55. The van der Waals surface area contributed by atoms with E-state index in [4.69, 9.17) is 5.11 Å². The van der Waals surface area contributed by atoms with Crippen molar-refractivity contribution >= 4 is 17.7 Å². The smallest absolute Gasteiger partial charge is 0.233 e. The van der Waals surface area contributed by atoms with Crippen LogP contribution in [-0.2, 0) is 11.4 Å². The number of hydrogen-bond acceptors (Lipinski definition) is 3.